The van der Waals surface area contributed by atoms with Crippen LogP contribution in [0.2, 0.25) is 0 Å². The highest BCUT2D eigenvalue weighted by Crippen LogP contribution is 2.39. The van der Waals surface area contributed by atoms with E-state index in [0.717, 1.165) is 16.7 Å². The fraction of sp³-hybridized carbons (Fsp3) is 0.190. The summed E-state index contributed by atoms with van der Waals surface area (Å²) in [5.74, 6) is 1.01. The normalized spacial score (nSPS) is 10.3. The monoisotopic (exact) mass is 383 g/mol. The number of amides is 1. The Labute approximate surface area is 162 Å². The molecule has 0 fully saturated rings. The van der Waals surface area contributed by atoms with Crippen molar-refractivity contribution in [2.24, 2.45) is 0 Å². The van der Waals surface area contributed by atoms with E-state index in [1.807, 2.05) is 23.6 Å². The molecule has 0 spiro atoms. The van der Waals surface area contributed by atoms with Crippen LogP contribution in [0.4, 0.5) is 0 Å². The van der Waals surface area contributed by atoms with Crippen molar-refractivity contribution < 1.29 is 19.0 Å². The van der Waals surface area contributed by atoms with E-state index in [1.54, 1.807) is 30.6 Å². The Kier molecular flexibility index (Phi) is 5.98. The first kappa shape index (κ1) is 18.8. The van der Waals surface area contributed by atoms with Gasteiger partial charge >= 0.3 is 0 Å². The van der Waals surface area contributed by atoms with Crippen LogP contribution in [0.1, 0.15) is 15.9 Å². The molecule has 5 nitrogen and oxygen atoms in total. The molecule has 3 rings (SSSR count). The largest absolute Gasteiger partial charge is 0.493 e. The summed E-state index contributed by atoms with van der Waals surface area (Å²) in [5.41, 5.74) is 3.69. The zero-order valence-corrected chi connectivity index (χ0v) is 16.3. The minimum atomic E-state index is -0.243. The first-order chi connectivity index (χ1) is 13.2. The Hall–Kier alpha value is -2.99. The third-order valence-corrected chi connectivity index (χ3v) is 4.92. The first-order valence-corrected chi connectivity index (χ1v) is 9.31. The second-order valence-corrected chi connectivity index (χ2v) is 6.51. The van der Waals surface area contributed by atoms with Crippen molar-refractivity contribution in [3.8, 4) is 28.4 Å². The fourth-order valence-electron chi connectivity index (χ4n) is 2.92. The van der Waals surface area contributed by atoms with Gasteiger partial charge in [0.25, 0.3) is 5.91 Å². The topological polar surface area (TPSA) is 56.8 Å². The Morgan fingerprint density at radius 1 is 0.963 bits per heavy atom. The second kappa shape index (κ2) is 8.60. The molecule has 0 atom stereocenters. The molecule has 140 valence electrons. The smallest absolute Gasteiger partial charge is 0.255 e. The van der Waals surface area contributed by atoms with Crippen molar-refractivity contribution in [3.05, 3.63) is 64.4 Å². The molecular formula is C21H21NO4S. The lowest BCUT2D eigenvalue weighted by atomic mass is 10.0. The predicted octanol–water partition coefficient (Wildman–Crippen LogP) is 4.37. The number of thiophene rings is 1. The maximum absolute atomic E-state index is 12.8. The van der Waals surface area contributed by atoms with E-state index in [1.165, 1.54) is 14.2 Å². The Bertz CT molecular complexity index is 922. The highest BCUT2D eigenvalue weighted by molar-refractivity contribution is 7.08. The zero-order chi connectivity index (χ0) is 19.2. The van der Waals surface area contributed by atoms with Crippen LogP contribution in [0.3, 0.4) is 0 Å². The summed E-state index contributed by atoms with van der Waals surface area (Å²) in [5, 5.41) is 7.11. The van der Waals surface area contributed by atoms with Crippen LogP contribution in [-0.4, -0.2) is 27.2 Å². The van der Waals surface area contributed by atoms with E-state index in [9.17, 15) is 4.79 Å². The van der Waals surface area contributed by atoms with Crippen molar-refractivity contribution in [2.75, 3.05) is 21.3 Å². The average molecular weight is 383 g/mol. The molecule has 27 heavy (non-hydrogen) atoms. The van der Waals surface area contributed by atoms with Gasteiger partial charge in [0.15, 0.2) is 11.5 Å². The minimum absolute atomic E-state index is 0.243. The molecule has 0 aliphatic rings. The summed E-state index contributed by atoms with van der Waals surface area (Å²) in [7, 11) is 4.55. The van der Waals surface area contributed by atoms with Gasteiger partial charge in [0.1, 0.15) is 0 Å². The predicted molar refractivity (Wildman–Crippen MR) is 107 cm³/mol. The summed E-state index contributed by atoms with van der Waals surface area (Å²) in [6.07, 6.45) is 0. The Morgan fingerprint density at radius 3 is 2.41 bits per heavy atom. The van der Waals surface area contributed by atoms with Gasteiger partial charge in [-0.05, 0) is 45.6 Å². The minimum Gasteiger partial charge on any atom is -0.493 e. The summed E-state index contributed by atoms with van der Waals surface area (Å²) in [6.45, 7) is 0.405. The SMILES string of the molecule is COc1ccc(C(=O)NCc2ccccc2-c2ccsc2)c(OC)c1OC. The first-order valence-electron chi connectivity index (χ1n) is 8.37. The van der Waals surface area contributed by atoms with Gasteiger partial charge in [0.05, 0.1) is 26.9 Å². The average Bonchev–Trinajstić information content (AvgIpc) is 3.25. The number of benzene rings is 2. The molecule has 2 aromatic carbocycles. The van der Waals surface area contributed by atoms with Crippen LogP contribution in [0.15, 0.2) is 53.2 Å². The molecule has 0 bridgehead atoms. The van der Waals surface area contributed by atoms with Gasteiger partial charge in [0.2, 0.25) is 5.75 Å². The van der Waals surface area contributed by atoms with Gasteiger partial charge in [-0.1, -0.05) is 24.3 Å². The van der Waals surface area contributed by atoms with Crippen LogP contribution >= 0.6 is 11.3 Å². The van der Waals surface area contributed by atoms with Gasteiger partial charge in [0, 0.05) is 6.54 Å². The third-order valence-electron chi connectivity index (χ3n) is 4.24. The molecule has 0 saturated heterocycles. The number of rotatable bonds is 7. The quantitative estimate of drug-likeness (QED) is 0.658. The van der Waals surface area contributed by atoms with Crippen molar-refractivity contribution in [1.82, 2.24) is 5.32 Å². The van der Waals surface area contributed by atoms with Crippen LogP contribution in [0.25, 0.3) is 11.1 Å². The number of carbonyl (C=O) groups is 1. The van der Waals surface area contributed by atoms with Gasteiger partial charge in [-0.3, -0.25) is 4.79 Å². The van der Waals surface area contributed by atoms with Crippen LogP contribution in [0, 0.1) is 0 Å². The van der Waals surface area contributed by atoms with Gasteiger partial charge < -0.3 is 19.5 Å². The number of hydrogen-bond acceptors (Lipinski definition) is 5. The molecule has 1 heterocycles. The van der Waals surface area contributed by atoms with Crippen LogP contribution < -0.4 is 19.5 Å². The molecule has 0 saturated carbocycles. The summed E-state index contributed by atoms with van der Waals surface area (Å²) < 4.78 is 16.0. The van der Waals surface area contributed by atoms with Crippen LogP contribution in [-0.2, 0) is 6.54 Å². The lowest BCUT2D eigenvalue weighted by molar-refractivity contribution is 0.0947. The lowest BCUT2D eigenvalue weighted by Gasteiger charge is -2.16. The van der Waals surface area contributed by atoms with Crippen molar-refractivity contribution in [3.63, 3.8) is 0 Å². The van der Waals surface area contributed by atoms with E-state index in [4.69, 9.17) is 14.2 Å². The lowest BCUT2D eigenvalue weighted by Crippen LogP contribution is -2.23. The van der Waals surface area contributed by atoms with E-state index >= 15 is 0 Å². The molecule has 0 aliphatic carbocycles. The highest BCUT2D eigenvalue weighted by Gasteiger charge is 2.20. The van der Waals surface area contributed by atoms with Crippen LogP contribution in [0.5, 0.6) is 17.2 Å². The molecule has 0 unspecified atom stereocenters. The zero-order valence-electron chi connectivity index (χ0n) is 15.4. The maximum atomic E-state index is 12.8. The summed E-state index contributed by atoms with van der Waals surface area (Å²) in [4.78, 5) is 12.8. The molecule has 0 aliphatic heterocycles. The summed E-state index contributed by atoms with van der Waals surface area (Å²) >= 11 is 1.65. The molecule has 1 aromatic heterocycles. The Morgan fingerprint density at radius 2 is 1.74 bits per heavy atom. The third kappa shape index (κ3) is 3.90. The number of ether oxygens (including phenoxy) is 3. The number of hydrogen-bond donors (Lipinski definition) is 1. The van der Waals surface area contributed by atoms with E-state index in [0.29, 0.717) is 29.4 Å². The fourth-order valence-corrected chi connectivity index (χ4v) is 3.58. The second-order valence-electron chi connectivity index (χ2n) is 5.73. The van der Waals surface area contributed by atoms with Crippen molar-refractivity contribution in [2.45, 2.75) is 6.54 Å². The maximum Gasteiger partial charge on any atom is 0.255 e. The van der Waals surface area contributed by atoms with E-state index in [2.05, 4.69) is 22.8 Å². The Balaban J connectivity index is 1.84. The number of nitrogens with one attached hydrogen (secondary N) is 1. The van der Waals surface area contributed by atoms with E-state index in [-0.39, 0.29) is 5.91 Å². The summed E-state index contributed by atoms with van der Waals surface area (Å²) in [6, 6.07) is 13.5. The highest BCUT2D eigenvalue weighted by atomic mass is 32.1. The molecule has 0 radical (unpaired) electrons. The molecule has 3 aromatic rings. The molecular weight excluding hydrogens is 362 g/mol. The number of carbonyl (C=O) groups excluding carboxylic acids is 1. The molecule has 6 heteroatoms. The van der Waals surface area contributed by atoms with Crippen molar-refractivity contribution >= 4 is 17.2 Å². The van der Waals surface area contributed by atoms with Crippen molar-refractivity contribution in [1.29, 1.82) is 0 Å². The standard InChI is InChI=1S/C21H21NO4S/c1-24-18-9-8-17(19(25-2)20(18)26-3)21(23)22-12-14-6-4-5-7-16(14)15-10-11-27-13-15/h4-11,13H,12H2,1-3H3,(H,22,23). The van der Waals surface area contributed by atoms with Gasteiger partial charge in [-0.25, -0.2) is 0 Å². The molecule has 1 amide bonds. The molecule has 1 N–H and O–H groups in total. The van der Waals surface area contributed by atoms with E-state index < -0.39 is 0 Å². The van der Waals surface area contributed by atoms with Gasteiger partial charge in [-0.15, -0.1) is 0 Å². The number of methoxy groups -OCH3 is 3. The van der Waals surface area contributed by atoms with Gasteiger partial charge in [-0.2, -0.15) is 11.3 Å².